The van der Waals surface area contributed by atoms with E-state index < -0.39 is 0 Å². The monoisotopic (exact) mass is 306 g/mol. The van der Waals surface area contributed by atoms with Crippen LogP contribution in [0.1, 0.15) is 25.3 Å². The number of hydrogen-bond donors (Lipinski definition) is 0. The summed E-state index contributed by atoms with van der Waals surface area (Å²) in [6.07, 6.45) is 0. The fraction of sp³-hybridized carbons (Fsp3) is 0.286. The minimum Gasteiger partial charge on any atom is -0.496 e. The number of benzene rings is 1. The molecule has 0 aliphatic heterocycles. The van der Waals surface area contributed by atoms with Crippen LogP contribution in [0.4, 0.5) is 0 Å². The van der Waals surface area contributed by atoms with E-state index in [-0.39, 0.29) is 0 Å². The number of ether oxygens (including phenoxy) is 1. The van der Waals surface area contributed by atoms with Gasteiger partial charge in [-0.2, -0.15) is 0 Å². The Kier molecular flexibility index (Phi) is 3.97. The molecule has 4 heteroatoms. The maximum absolute atomic E-state index is 5.39. The average molecular weight is 307 g/mol. The molecule has 0 spiro atoms. The molecule has 0 saturated carbocycles. The Labute approximate surface area is 115 Å². The molecule has 0 aliphatic rings. The number of aromatic nitrogens is 2. The summed E-state index contributed by atoms with van der Waals surface area (Å²) in [4.78, 5) is 0. The van der Waals surface area contributed by atoms with Crippen molar-refractivity contribution in [1.29, 1.82) is 0 Å². The van der Waals surface area contributed by atoms with Crippen molar-refractivity contribution in [3.63, 3.8) is 0 Å². The van der Waals surface area contributed by atoms with Crippen molar-refractivity contribution in [3.05, 3.63) is 40.5 Å². The third-order valence-electron chi connectivity index (χ3n) is 2.80. The summed E-state index contributed by atoms with van der Waals surface area (Å²) in [5.41, 5.74) is 3.05. The van der Waals surface area contributed by atoms with Gasteiger partial charge in [0.1, 0.15) is 10.4 Å². The molecule has 1 aromatic carbocycles. The van der Waals surface area contributed by atoms with Crippen LogP contribution in [0.25, 0.3) is 11.3 Å². The van der Waals surface area contributed by atoms with Gasteiger partial charge in [0.15, 0.2) is 0 Å². The highest BCUT2D eigenvalue weighted by molar-refractivity contribution is 9.10. The molecular weight excluding hydrogens is 292 g/mol. The Morgan fingerprint density at radius 3 is 2.44 bits per heavy atom. The lowest BCUT2D eigenvalue weighted by Gasteiger charge is -2.12. The summed E-state index contributed by atoms with van der Waals surface area (Å²) in [5.74, 6) is 1.29. The van der Waals surface area contributed by atoms with E-state index in [0.717, 1.165) is 21.6 Å². The highest BCUT2D eigenvalue weighted by atomic mass is 79.9. The number of hydrogen-bond acceptors (Lipinski definition) is 3. The van der Waals surface area contributed by atoms with Gasteiger partial charge in [-0.25, -0.2) is 0 Å². The van der Waals surface area contributed by atoms with Crippen LogP contribution in [0.3, 0.4) is 0 Å². The summed E-state index contributed by atoms with van der Waals surface area (Å²) in [5, 5.41) is 8.20. The Balaban J connectivity index is 2.53. The number of halogens is 1. The fourth-order valence-electron chi connectivity index (χ4n) is 1.74. The van der Waals surface area contributed by atoms with Gasteiger partial charge in [-0.05, 0) is 51.7 Å². The SMILES string of the molecule is COc1ccc(C(C)C)cc1-c1ccc(Br)nn1. The standard InChI is InChI=1S/C14H15BrN2O/c1-9(2)10-4-6-13(18-3)11(8-10)12-5-7-14(15)17-16-12/h4-9H,1-3H3. The van der Waals surface area contributed by atoms with Gasteiger partial charge < -0.3 is 4.74 Å². The summed E-state index contributed by atoms with van der Waals surface area (Å²) in [7, 11) is 1.67. The van der Waals surface area contributed by atoms with Crippen LogP contribution in [-0.4, -0.2) is 17.3 Å². The van der Waals surface area contributed by atoms with E-state index in [0.29, 0.717) is 5.92 Å². The van der Waals surface area contributed by atoms with Gasteiger partial charge in [0.25, 0.3) is 0 Å². The zero-order valence-corrected chi connectivity index (χ0v) is 12.2. The lowest BCUT2D eigenvalue weighted by atomic mass is 9.99. The minimum absolute atomic E-state index is 0.470. The van der Waals surface area contributed by atoms with Crippen molar-refractivity contribution in [2.24, 2.45) is 0 Å². The van der Waals surface area contributed by atoms with E-state index in [1.807, 2.05) is 18.2 Å². The van der Waals surface area contributed by atoms with E-state index in [2.05, 4.69) is 52.1 Å². The molecule has 2 rings (SSSR count). The summed E-state index contributed by atoms with van der Waals surface area (Å²) in [6, 6.07) is 9.98. The third-order valence-corrected chi connectivity index (χ3v) is 3.22. The Bertz CT molecular complexity index is 538. The number of rotatable bonds is 3. The third kappa shape index (κ3) is 2.70. The first-order chi connectivity index (χ1) is 8.61. The molecule has 3 nitrogen and oxygen atoms in total. The highest BCUT2D eigenvalue weighted by Crippen LogP contribution is 2.31. The lowest BCUT2D eigenvalue weighted by molar-refractivity contribution is 0.416. The zero-order valence-electron chi connectivity index (χ0n) is 10.6. The van der Waals surface area contributed by atoms with E-state index in [1.54, 1.807) is 7.11 Å². The highest BCUT2D eigenvalue weighted by Gasteiger charge is 2.10. The second-order valence-electron chi connectivity index (χ2n) is 4.36. The first kappa shape index (κ1) is 13.0. The molecule has 94 valence electrons. The van der Waals surface area contributed by atoms with Crippen LogP contribution in [0.2, 0.25) is 0 Å². The molecule has 0 radical (unpaired) electrons. The molecule has 0 aliphatic carbocycles. The molecule has 2 aromatic rings. The Morgan fingerprint density at radius 2 is 1.89 bits per heavy atom. The van der Waals surface area contributed by atoms with Crippen LogP contribution < -0.4 is 4.74 Å². The van der Waals surface area contributed by atoms with Gasteiger partial charge in [-0.15, -0.1) is 10.2 Å². The smallest absolute Gasteiger partial charge is 0.128 e. The molecule has 0 amide bonds. The molecule has 1 heterocycles. The molecule has 18 heavy (non-hydrogen) atoms. The van der Waals surface area contributed by atoms with Crippen molar-refractivity contribution in [2.75, 3.05) is 7.11 Å². The molecule has 0 bridgehead atoms. The first-order valence-electron chi connectivity index (χ1n) is 5.79. The van der Waals surface area contributed by atoms with Gasteiger partial charge >= 0.3 is 0 Å². The van der Waals surface area contributed by atoms with Crippen molar-refractivity contribution >= 4 is 15.9 Å². The molecule has 0 fully saturated rings. The normalized spacial score (nSPS) is 10.7. The molecule has 0 unspecified atom stereocenters. The van der Waals surface area contributed by atoms with E-state index in [1.165, 1.54) is 5.56 Å². The van der Waals surface area contributed by atoms with Gasteiger partial charge in [0, 0.05) is 5.56 Å². The van der Waals surface area contributed by atoms with Gasteiger partial charge in [-0.3, -0.25) is 0 Å². The fourth-order valence-corrected chi connectivity index (χ4v) is 1.96. The lowest BCUT2D eigenvalue weighted by Crippen LogP contribution is -1.95. The van der Waals surface area contributed by atoms with E-state index >= 15 is 0 Å². The number of nitrogens with zero attached hydrogens (tertiary/aromatic N) is 2. The molecule has 0 N–H and O–H groups in total. The van der Waals surface area contributed by atoms with Crippen molar-refractivity contribution in [3.8, 4) is 17.0 Å². The second kappa shape index (κ2) is 5.48. The minimum atomic E-state index is 0.470. The van der Waals surface area contributed by atoms with E-state index in [9.17, 15) is 0 Å². The number of methoxy groups -OCH3 is 1. The van der Waals surface area contributed by atoms with Gasteiger partial charge in [-0.1, -0.05) is 19.9 Å². The van der Waals surface area contributed by atoms with Crippen molar-refractivity contribution in [2.45, 2.75) is 19.8 Å². The second-order valence-corrected chi connectivity index (χ2v) is 5.17. The maximum Gasteiger partial charge on any atom is 0.128 e. The molecule has 1 aromatic heterocycles. The largest absolute Gasteiger partial charge is 0.496 e. The van der Waals surface area contributed by atoms with Crippen LogP contribution >= 0.6 is 15.9 Å². The topological polar surface area (TPSA) is 35.0 Å². The summed E-state index contributed by atoms with van der Waals surface area (Å²) in [6.45, 7) is 4.33. The predicted molar refractivity (Wildman–Crippen MR) is 75.8 cm³/mol. The van der Waals surface area contributed by atoms with Crippen molar-refractivity contribution in [1.82, 2.24) is 10.2 Å². The first-order valence-corrected chi connectivity index (χ1v) is 6.58. The van der Waals surface area contributed by atoms with Gasteiger partial charge in [0.05, 0.1) is 12.8 Å². The molecule has 0 saturated heterocycles. The molecule has 0 atom stereocenters. The van der Waals surface area contributed by atoms with Crippen LogP contribution in [-0.2, 0) is 0 Å². The van der Waals surface area contributed by atoms with Crippen LogP contribution in [0.5, 0.6) is 5.75 Å². The Morgan fingerprint density at radius 1 is 1.11 bits per heavy atom. The summed E-state index contributed by atoms with van der Waals surface area (Å²) >= 11 is 3.29. The maximum atomic E-state index is 5.39. The molecular formula is C14H15BrN2O. The predicted octanol–water partition coefficient (Wildman–Crippen LogP) is 4.04. The summed E-state index contributed by atoms with van der Waals surface area (Å²) < 4.78 is 6.11. The van der Waals surface area contributed by atoms with Crippen molar-refractivity contribution < 1.29 is 4.74 Å². The van der Waals surface area contributed by atoms with Gasteiger partial charge in [0.2, 0.25) is 0 Å². The van der Waals surface area contributed by atoms with Crippen LogP contribution in [0.15, 0.2) is 34.9 Å². The Hall–Kier alpha value is -1.42. The quantitative estimate of drug-likeness (QED) is 0.858. The zero-order chi connectivity index (χ0) is 13.1. The average Bonchev–Trinajstić information content (AvgIpc) is 2.39. The van der Waals surface area contributed by atoms with Crippen LogP contribution in [0, 0.1) is 0 Å². The van der Waals surface area contributed by atoms with E-state index in [4.69, 9.17) is 4.74 Å².